The first-order valence-corrected chi connectivity index (χ1v) is 6.22. The van der Waals surface area contributed by atoms with Crippen molar-refractivity contribution < 1.29 is 0 Å². The maximum absolute atomic E-state index is 5.79. The van der Waals surface area contributed by atoms with E-state index in [1.165, 1.54) is 5.56 Å². The van der Waals surface area contributed by atoms with Gasteiger partial charge in [0.1, 0.15) is 0 Å². The van der Waals surface area contributed by atoms with Gasteiger partial charge in [0.25, 0.3) is 0 Å². The summed E-state index contributed by atoms with van der Waals surface area (Å²) in [7, 11) is 0. The van der Waals surface area contributed by atoms with E-state index in [1.807, 2.05) is 0 Å². The molecule has 0 aliphatic heterocycles. The Labute approximate surface area is 112 Å². The molecule has 0 spiro atoms. The molecule has 4 heteroatoms. The second-order valence-electron chi connectivity index (χ2n) is 5.39. The van der Waals surface area contributed by atoms with Gasteiger partial charge in [0.05, 0.1) is 11.9 Å². The van der Waals surface area contributed by atoms with E-state index >= 15 is 0 Å². The minimum Gasteiger partial charge on any atom is -0.215 e. The van der Waals surface area contributed by atoms with Crippen molar-refractivity contribution in [3.05, 3.63) is 40.8 Å². The van der Waals surface area contributed by atoms with Crippen molar-refractivity contribution in [2.75, 3.05) is 0 Å². The monoisotopic (exact) mass is 261 g/mol. The molecule has 0 saturated carbocycles. The molecule has 0 saturated heterocycles. The second kappa shape index (κ2) is 4.65. The van der Waals surface area contributed by atoms with Crippen LogP contribution in [0.5, 0.6) is 0 Å². The molecule has 0 fully saturated rings. The van der Waals surface area contributed by atoms with Gasteiger partial charge in [0, 0.05) is 5.56 Å². The van der Waals surface area contributed by atoms with Gasteiger partial charge in [-0.05, 0) is 41.1 Å². The lowest BCUT2D eigenvalue weighted by atomic mass is 9.85. The molecule has 18 heavy (non-hydrogen) atoms. The van der Waals surface area contributed by atoms with Crippen molar-refractivity contribution in [3.8, 4) is 11.3 Å². The molecular weight excluding hydrogens is 246 g/mol. The number of halogens is 1. The van der Waals surface area contributed by atoms with E-state index in [0.717, 1.165) is 16.8 Å². The first-order chi connectivity index (χ1) is 8.38. The van der Waals surface area contributed by atoms with E-state index in [0.29, 0.717) is 0 Å². The number of aromatic nitrogens is 3. The third-order valence-corrected chi connectivity index (χ3v) is 3.07. The molecule has 0 N–H and O–H groups in total. The molecule has 0 aliphatic rings. The summed E-state index contributed by atoms with van der Waals surface area (Å²) in [5, 5.41) is 7.69. The average Bonchev–Trinajstić information content (AvgIpc) is 2.28. The fourth-order valence-corrected chi connectivity index (χ4v) is 1.91. The van der Waals surface area contributed by atoms with E-state index in [4.69, 9.17) is 11.6 Å². The van der Waals surface area contributed by atoms with Gasteiger partial charge in [-0.25, -0.2) is 4.98 Å². The maximum Gasteiger partial charge on any atom is 0.243 e. The summed E-state index contributed by atoms with van der Waals surface area (Å²) in [5.41, 5.74) is 4.34. The molecular formula is C14H16ClN3. The highest BCUT2D eigenvalue weighted by Crippen LogP contribution is 2.29. The van der Waals surface area contributed by atoms with Crippen molar-refractivity contribution in [2.24, 2.45) is 0 Å². The summed E-state index contributed by atoms with van der Waals surface area (Å²) < 4.78 is 0. The van der Waals surface area contributed by atoms with E-state index < -0.39 is 0 Å². The van der Waals surface area contributed by atoms with Gasteiger partial charge in [-0.2, -0.15) is 5.10 Å². The Hall–Kier alpha value is -1.48. The lowest BCUT2D eigenvalue weighted by molar-refractivity contribution is 0.590. The van der Waals surface area contributed by atoms with Gasteiger partial charge in [0.15, 0.2) is 0 Å². The van der Waals surface area contributed by atoms with E-state index in [9.17, 15) is 0 Å². The Morgan fingerprint density at radius 2 is 1.89 bits per heavy atom. The van der Waals surface area contributed by atoms with E-state index in [-0.39, 0.29) is 10.7 Å². The molecule has 2 aromatic rings. The molecule has 1 heterocycles. The van der Waals surface area contributed by atoms with E-state index in [2.05, 4.69) is 61.1 Å². The number of hydrogen-bond donors (Lipinski definition) is 0. The molecule has 1 aromatic carbocycles. The highest BCUT2D eigenvalue weighted by atomic mass is 35.5. The van der Waals surface area contributed by atoms with Crippen LogP contribution in [0.3, 0.4) is 0 Å². The van der Waals surface area contributed by atoms with Crippen LogP contribution >= 0.6 is 11.6 Å². The lowest BCUT2D eigenvalue weighted by Gasteiger charge is -2.20. The van der Waals surface area contributed by atoms with Crippen molar-refractivity contribution in [3.63, 3.8) is 0 Å². The quantitative estimate of drug-likeness (QED) is 0.784. The smallest absolute Gasteiger partial charge is 0.215 e. The Morgan fingerprint density at radius 3 is 2.50 bits per heavy atom. The predicted molar refractivity (Wildman–Crippen MR) is 73.7 cm³/mol. The zero-order valence-electron chi connectivity index (χ0n) is 11.0. The molecule has 3 nitrogen and oxygen atoms in total. The van der Waals surface area contributed by atoms with Crippen molar-refractivity contribution in [1.29, 1.82) is 0 Å². The molecule has 94 valence electrons. The molecule has 0 aliphatic carbocycles. The summed E-state index contributed by atoms with van der Waals surface area (Å²) in [5.74, 6) is 0. The van der Waals surface area contributed by atoms with Gasteiger partial charge in [-0.15, -0.1) is 5.10 Å². The normalized spacial score (nSPS) is 11.6. The summed E-state index contributed by atoms with van der Waals surface area (Å²) in [6.07, 6.45) is 1.64. The summed E-state index contributed by atoms with van der Waals surface area (Å²) in [6.45, 7) is 8.61. The third-order valence-electron chi connectivity index (χ3n) is 2.91. The molecule has 0 radical (unpaired) electrons. The summed E-state index contributed by atoms with van der Waals surface area (Å²) in [4.78, 5) is 4.22. The number of benzene rings is 1. The first-order valence-electron chi connectivity index (χ1n) is 5.84. The molecule has 0 amide bonds. The van der Waals surface area contributed by atoms with Gasteiger partial charge in [-0.1, -0.05) is 32.9 Å². The van der Waals surface area contributed by atoms with Crippen molar-refractivity contribution >= 4 is 11.6 Å². The van der Waals surface area contributed by atoms with Gasteiger partial charge < -0.3 is 0 Å². The highest BCUT2D eigenvalue weighted by molar-refractivity contribution is 6.28. The van der Waals surface area contributed by atoms with Crippen LogP contribution in [-0.2, 0) is 5.41 Å². The van der Waals surface area contributed by atoms with Crippen LogP contribution in [-0.4, -0.2) is 15.2 Å². The van der Waals surface area contributed by atoms with Crippen LogP contribution in [0.25, 0.3) is 11.3 Å². The largest absolute Gasteiger partial charge is 0.243 e. The SMILES string of the molecule is Cc1ccc(C(C)(C)C)cc1-c1cnnc(Cl)n1. The zero-order chi connectivity index (χ0) is 13.3. The molecule has 0 bridgehead atoms. The van der Waals surface area contributed by atoms with Gasteiger partial charge >= 0.3 is 0 Å². The maximum atomic E-state index is 5.79. The van der Waals surface area contributed by atoms with E-state index in [1.54, 1.807) is 6.20 Å². The summed E-state index contributed by atoms with van der Waals surface area (Å²) >= 11 is 5.79. The van der Waals surface area contributed by atoms with Crippen molar-refractivity contribution in [1.82, 2.24) is 15.2 Å². The van der Waals surface area contributed by atoms with Crippen LogP contribution in [0, 0.1) is 6.92 Å². The summed E-state index contributed by atoms with van der Waals surface area (Å²) in [6, 6.07) is 6.40. The van der Waals surface area contributed by atoms with Crippen LogP contribution < -0.4 is 0 Å². The van der Waals surface area contributed by atoms with Gasteiger partial charge in [-0.3, -0.25) is 0 Å². The van der Waals surface area contributed by atoms with Crippen LogP contribution in [0.2, 0.25) is 5.28 Å². The fraction of sp³-hybridized carbons (Fsp3) is 0.357. The molecule has 1 aromatic heterocycles. The molecule has 0 atom stereocenters. The lowest BCUT2D eigenvalue weighted by Crippen LogP contribution is -2.11. The Kier molecular flexibility index (Phi) is 3.35. The Morgan fingerprint density at radius 1 is 1.17 bits per heavy atom. The Bertz CT molecular complexity index is 573. The molecule has 2 rings (SSSR count). The zero-order valence-corrected chi connectivity index (χ0v) is 11.8. The number of nitrogens with zero attached hydrogens (tertiary/aromatic N) is 3. The minimum absolute atomic E-state index is 0.104. The van der Waals surface area contributed by atoms with Crippen LogP contribution in [0.1, 0.15) is 31.9 Å². The predicted octanol–water partition coefficient (Wildman–Crippen LogP) is 3.80. The second-order valence-corrected chi connectivity index (χ2v) is 5.73. The topological polar surface area (TPSA) is 38.7 Å². The number of rotatable bonds is 1. The number of aryl methyl sites for hydroxylation is 1. The van der Waals surface area contributed by atoms with Crippen LogP contribution in [0.15, 0.2) is 24.4 Å². The average molecular weight is 262 g/mol. The minimum atomic E-state index is 0.104. The van der Waals surface area contributed by atoms with Crippen LogP contribution in [0.4, 0.5) is 0 Å². The Balaban J connectivity index is 2.57. The van der Waals surface area contributed by atoms with Crippen molar-refractivity contribution in [2.45, 2.75) is 33.1 Å². The first kappa shape index (κ1) is 13.0. The number of hydrogen-bond acceptors (Lipinski definition) is 3. The molecule has 0 unspecified atom stereocenters. The standard InChI is InChI=1S/C14H16ClN3/c1-9-5-6-10(14(2,3)4)7-11(9)12-8-16-18-13(15)17-12/h5-8H,1-4H3. The van der Waals surface area contributed by atoms with Gasteiger partial charge in [0.2, 0.25) is 5.28 Å². The third kappa shape index (κ3) is 2.67. The fourth-order valence-electron chi connectivity index (χ4n) is 1.78. The highest BCUT2D eigenvalue weighted by Gasteiger charge is 2.16.